The van der Waals surface area contributed by atoms with Gasteiger partial charge in [0.15, 0.2) is 0 Å². The normalized spacial score (nSPS) is 12.5. The van der Waals surface area contributed by atoms with Crippen LogP contribution < -0.4 is 0 Å². The van der Waals surface area contributed by atoms with Crippen molar-refractivity contribution in [3.63, 3.8) is 0 Å². The van der Waals surface area contributed by atoms with Crippen LogP contribution in [0.5, 0.6) is 0 Å². The minimum atomic E-state index is -0.179. The molecule has 0 rings (SSSR count). The Balaban J connectivity index is 3.71. The van der Waals surface area contributed by atoms with Gasteiger partial charge in [0.1, 0.15) is 0 Å². The quantitative estimate of drug-likeness (QED) is 0.515. The van der Waals surface area contributed by atoms with E-state index in [1.165, 1.54) is 0 Å². The van der Waals surface area contributed by atoms with Gasteiger partial charge < -0.3 is 9.47 Å². The average molecular weight is 253 g/mol. The molecule has 0 amide bonds. The summed E-state index contributed by atoms with van der Waals surface area (Å²) in [6.07, 6.45) is 1.18. The monoisotopic (exact) mass is 252 g/mol. The van der Waals surface area contributed by atoms with Crippen molar-refractivity contribution in [2.45, 2.75) is 32.8 Å². The van der Waals surface area contributed by atoms with Crippen LogP contribution in [0.4, 0.5) is 0 Å². The van der Waals surface area contributed by atoms with Gasteiger partial charge in [-0.05, 0) is 20.3 Å². The van der Waals surface area contributed by atoms with Gasteiger partial charge in [-0.3, -0.25) is 4.79 Å². The Bertz CT molecular complexity index is 133. The zero-order valence-electron chi connectivity index (χ0n) is 8.22. The SMILES string of the molecule is CCOC(=O)CC(CCBr)OCC. The maximum absolute atomic E-state index is 11.1. The first-order valence-corrected chi connectivity index (χ1v) is 5.69. The van der Waals surface area contributed by atoms with E-state index < -0.39 is 0 Å². The first-order chi connectivity index (χ1) is 6.24. The average Bonchev–Trinajstić information content (AvgIpc) is 2.05. The van der Waals surface area contributed by atoms with Gasteiger partial charge in [0.25, 0.3) is 0 Å². The summed E-state index contributed by atoms with van der Waals surface area (Å²) in [6.45, 7) is 4.80. The molecule has 0 aromatic heterocycles. The van der Waals surface area contributed by atoms with E-state index in [-0.39, 0.29) is 12.1 Å². The summed E-state index contributed by atoms with van der Waals surface area (Å²) >= 11 is 3.32. The molecule has 0 aliphatic carbocycles. The fraction of sp³-hybridized carbons (Fsp3) is 0.889. The van der Waals surface area contributed by atoms with Gasteiger partial charge in [0.2, 0.25) is 0 Å². The Labute approximate surface area is 87.9 Å². The minimum absolute atomic E-state index is 0.0107. The maximum Gasteiger partial charge on any atom is 0.308 e. The molecule has 0 spiro atoms. The van der Waals surface area contributed by atoms with Gasteiger partial charge in [-0.2, -0.15) is 0 Å². The fourth-order valence-corrected chi connectivity index (χ4v) is 1.52. The lowest BCUT2D eigenvalue weighted by Gasteiger charge is -2.14. The summed E-state index contributed by atoms with van der Waals surface area (Å²) in [5.41, 5.74) is 0. The molecule has 0 fully saturated rings. The Hall–Kier alpha value is -0.0900. The van der Waals surface area contributed by atoms with E-state index in [2.05, 4.69) is 15.9 Å². The molecular formula is C9H17BrO3. The lowest BCUT2D eigenvalue weighted by molar-refractivity contribution is -0.146. The molecule has 0 aliphatic heterocycles. The Morgan fingerprint density at radius 1 is 1.38 bits per heavy atom. The van der Waals surface area contributed by atoms with Crippen LogP contribution in [0.2, 0.25) is 0 Å². The van der Waals surface area contributed by atoms with Crippen molar-refractivity contribution in [2.24, 2.45) is 0 Å². The van der Waals surface area contributed by atoms with Gasteiger partial charge in [0.05, 0.1) is 19.1 Å². The van der Waals surface area contributed by atoms with Crippen LogP contribution in [0.3, 0.4) is 0 Å². The smallest absolute Gasteiger partial charge is 0.308 e. The second kappa shape index (κ2) is 8.51. The molecule has 78 valence electrons. The largest absolute Gasteiger partial charge is 0.466 e. The third-order valence-electron chi connectivity index (χ3n) is 1.53. The molecular weight excluding hydrogens is 236 g/mol. The molecule has 1 unspecified atom stereocenters. The Kier molecular flexibility index (Phi) is 8.45. The molecule has 0 radical (unpaired) electrons. The lowest BCUT2D eigenvalue weighted by atomic mass is 10.2. The van der Waals surface area contributed by atoms with Gasteiger partial charge in [-0.15, -0.1) is 0 Å². The summed E-state index contributed by atoms with van der Waals surface area (Å²) in [5.74, 6) is -0.179. The van der Waals surface area contributed by atoms with Gasteiger partial charge >= 0.3 is 5.97 Å². The van der Waals surface area contributed by atoms with E-state index in [1.807, 2.05) is 6.92 Å². The standard InChI is InChI=1S/C9H17BrO3/c1-3-12-8(5-6-10)7-9(11)13-4-2/h8H,3-7H2,1-2H3. The van der Waals surface area contributed by atoms with E-state index >= 15 is 0 Å². The van der Waals surface area contributed by atoms with Gasteiger partial charge in [0, 0.05) is 11.9 Å². The first kappa shape index (κ1) is 12.9. The number of carbonyl (C=O) groups is 1. The summed E-state index contributed by atoms with van der Waals surface area (Å²) < 4.78 is 10.2. The minimum Gasteiger partial charge on any atom is -0.466 e. The van der Waals surface area contributed by atoms with Crippen LogP contribution in [0, 0.1) is 0 Å². The molecule has 0 heterocycles. The van der Waals surface area contributed by atoms with Crippen LogP contribution in [0.25, 0.3) is 0 Å². The highest BCUT2D eigenvalue weighted by Gasteiger charge is 2.13. The van der Waals surface area contributed by atoms with E-state index in [4.69, 9.17) is 9.47 Å². The number of carbonyl (C=O) groups excluding carboxylic acids is 1. The van der Waals surface area contributed by atoms with Crippen LogP contribution in [0.1, 0.15) is 26.7 Å². The van der Waals surface area contributed by atoms with E-state index in [1.54, 1.807) is 6.92 Å². The zero-order chi connectivity index (χ0) is 10.1. The number of esters is 1. The number of hydrogen-bond donors (Lipinski definition) is 0. The molecule has 0 aromatic rings. The molecule has 0 saturated heterocycles. The summed E-state index contributed by atoms with van der Waals surface area (Å²) in [4.78, 5) is 11.1. The molecule has 4 heteroatoms. The summed E-state index contributed by atoms with van der Waals surface area (Å²) in [5, 5.41) is 0.844. The van der Waals surface area contributed by atoms with Crippen LogP contribution in [-0.2, 0) is 14.3 Å². The molecule has 0 N–H and O–H groups in total. The first-order valence-electron chi connectivity index (χ1n) is 4.57. The molecule has 0 saturated carbocycles. The second-order valence-electron chi connectivity index (χ2n) is 2.56. The highest BCUT2D eigenvalue weighted by molar-refractivity contribution is 9.09. The predicted octanol–water partition coefficient (Wildman–Crippen LogP) is 2.13. The number of alkyl halides is 1. The van der Waals surface area contributed by atoms with Crippen molar-refractivity contribution in [3.05, 3.63) is 0 Å². The van der Waals surface area contributed by atoms with Crippen molar-refractivity contribution in [1.29, 1.82) is 0 Å². The zero-order valence-corrected chi connectivity index (χ0v) is 9.80. The van der Waals surface area contributed by atoms with Crippen molar-refractivity contribution in [2.75, 3.05) is 18.5 Å². The third-order valence-corrected chi connectivity index (χ3v) is 1.99. The number of ether oxygens (including phenoxy) is 2. The summed E-state index contributed by atoms with van der Waals surface area (Å²) in [7, 11) is 0. The van der Waals surface area contributed by atoms with Crippen LogP contribution in [-0.4, -0.2) is 30.6 Å². The fourth-order valence-electron chi connectivity index (χ4n) is 1.01. The molecule has 0 aromatic carbocycles. The highest BCUT2D eigenvalue weighted by Crippen LogP contribution is 2.07. The predicted molar refractivity (Wildman–Crippen MR) is 55.1 cm³/mol. The van der Waals surface area contributed by atoms with Crippen molar-refractivity contribution < 1.29 is 14.3 Å². The van der Waals surface area contributed by atoms with Crippen molar-refractivity contribution in [1.82, 2.24) is 0 Å². The van der Waals surface area contributed by atoms with Crippen LogP contribution in [0.15, 0.2) is 0 Å². The highest BCUT2D eigenvalue weighted by atomic mass is 79.9. The number of hydrogen-bond acceptors (Lipinski definition) is 3. The van der Waals surface area contributed by atoms with E-state index in [0.29, 0.717) is 19.6 Å². The molecule has 3 nitrogen and oxygen atoms in total. The molecule has 13 heavy (non-hydrogen) atoms. The van der Waals surface area contributed by atoms with Crippen LogP contribution >= 0.6 is 15.9 Å². The summed E-state index contributed by atoms with van der Waals surface area (Å²) in [6, 6.07) is 0. The molecule has 0 aliphatic rings. The maximum atomic E-state index is 11.1. The topological polar surface area (TPSA) is 35.5 Å². The van der Waals surface area contributed by atoms with Crippen molar-refractivity contribution in [3.8, 4) is 0 Å². The molecule has 0 bridgehead atoms. The molecule has 1 atom stereocenters. The third kappa shape index (κ3) is 7.02. The number of halogens is 1. The van der Waals surface area contributed by atoms with E-state index in [9.17, 15) is 4.79 Å². The second-order valence-corrected chi connectivity index (χ2v) is 3.36. The Morgan fingerprint density at radius 2 is 2.08 bits per heavy atom. The van der Waals surface area contributed by atoms with E-state index in [0.717, 1.165) is 11.8 Å². The number of rotatable bonds is 7. The van der Waals surface area contributed by atoms with Gasteiger partial charge in [-0.1, -0.05) is 15.9 Å². The Morgan fingerprint density at radius 3 is 2.54 bits per heavy atom. The van der Waals surface area contributed by atoms with Gasteiger partial charge in [-0.25, -0.2) is 0 Å². The lowest BCUT2D eigenvalue weighted by Crippen LogP contribution is -2.20. The van der Waals surface area contributed by atoms with Crippen molar-refractivity contribution >= 4 is 21.9 Å².